The molecule has 1 aliphatic heterocycles. The van der Waals surface area contributed by atoms with E-state index in [1.54, 1.807) is 0 Å². The van der Waals surface area contributed by atoms with Crippen LogP contribution >= 0.6 is 0 Å². The quantitative estimate of drug-likeness (QED) is 0.505. The molecule has 1 fully saturated rings. The Morgan fingerprint density at radius 3 is 1.30 bits per heavy atom. The van der Waals surface area contributed by atoms with E-state index >= 15 is 0 Å². The maximum absolute atomic E-state index is 10.6. The van der Waals surface area contributed by atoms with Gasteiger partial charge in [-0.3, -0.25) is 0 Å². The van der Waals surface area contributed by atoms with Gasteiger partial charge in [0, 0.05) is 0 Å². The first kappa shape index (κ1) is 7.96. The average Bonchev–Trinajstić information content (AvgIpc) is 1.61. The standard InChI is InChI=1S/C3H6O5S2/c1-3(2)9(4,5)8-10(3,6)7/h1-2H3. The summed E-state index contributed by atoms with van der Waals surface area (Å²) in [5.74, 6) is 0. The van der Waals surface area contributed by atoms with Crippen LogP contribution < -0.4 is 0 Å². The summed E-state index contributed by atoms with van der Waals surface area (Å²) in [6, 6.07) is 0. The van der Waals surface area contributed by atoms with Crippen molar-refractivity contribution in [2.45, 2.75) is 17.9 Å². The molecule has 5 nitrogen and oxygen atoms in total. The molecule has 0 radical (unpaired) electrons. The van der Waals surface area contributed by atoms with Crippen LogP contribution in [0.5, 0.6) is 0 Å². The molecule has 0 atom stereocenters. The van der Waals surface area contributed by atoms with Crippen molar-refractivity contribution < 1.29 is 20.5 Å². The molecule has 1 saturated heterocycles. The Balaban J connectivity index is 3.35. The topological polar surface area (TPSA) is 77.5 Å². The van der Waals surface area contributed by atoms with Crippen LogP contribution in [0.15, 0.2) is 0 Å². The molecule has 0 spiro atoms. The molecule has 60 valence electrons. The van der Waals surface area contributed by atoms with Gasteiger partial charge in [-0.05, 0) is 13.8 Å². The Labute approximate surface area is 59.2 Å². The highest BCUT2D eigenvalue weighted by Crippen LogP contribution is 2.38. The number of rotatable bonds is 0. The summed E-state index contributed by atoms with van der Waals surface area (Å²) in [6.07, 6.45) is 0. The zero-order chi connectivity index (χ0) is 8.21. The van der Waals surface area contributed by atoms with Crippen LogP contribution in [0.3, 0.4) is 0 Å². The third kappa shape index (κ3) is 0.650. The summed E-state index contributed by atoms with van der Waals surface area (Å²) in [4.78, 5) is 0. The van der Waals surface area contributed by atoms with Gasteiger partial charge in [0.25, 0.3) is 0 Å². The predicted molar refractivity (Wildman–Crippen MR) is 33.0 cm³/mol. The van der Waals surface area contributed by atoms with Gasteiger partial charge in [-0.15, -0.1) is 3.63 Å². The molecule has 1 rings (SSSR count). The van der Waals surface area contributed by atoms with Crippen molar-refractivity contribution in [3.8, 4) is 0 Å². The molecule has 10 heavy (non-hydrogen) atoms. The van der Waals surface area contributed by atoms with Crippen molar-refractivity contribution in [1.29, 1.82) is 0 Å². The van der Waals surface area contributed by atoms with E-state index in [0.717, 1.165) is 13.8 Å². The fraction of sp³-hybridized carbons (Fsp3) is 1.00. The maximum atomic E-state index is 10.6. The fourth-order valence-electron chi connectivity index (χ4n) is 0.382. The molecular formula is C3H6O5S2. The van der Waals surface area contributed by atoms with Gasteiger partial charge >= 0.3 is 20.2 Å². The molecule has 0 N–H and O–H groups in total. The van der Waals surface area contributed by atoms with Crippen LogP contribution in [0, 0.1) is 0 Å². The third-order valence-electron chi connectivity index (χ3n) is 1.38. The van der Waals surface area contributed by atoms with Gasteiger partial charge in [-0.2, -0.15) is 16.8 Å². The van der Waals surface area contributed by atoms with Crippen molar-refractivity contribution in [2.24, 2.45) is 0 Å². The normalized spacial score (nSPS) is 32.6. The van der Waals surface area contributed by atoms with Gasteiger partial charge in [0.15, 0.2) is 0 Å². The summed E-state index contributed by atoms with van der Waals surface area (Å²) in [5, 5.41) is 0. The predicted octanol–water partition coefficient (Wildman–Crippen LogP) is -0.588. The smallest absolute Gasteiger partial charge is 0.197 e. The lowest BCUT2D eigenvalue weighted by molar-refractivity contribution is 0.399. The summed E-state index contributed by atoms with van der Waals surface area (Å²) in [6.45, 7) is 2.17. The summed E-state index contributed by atoms with van der Waals surface area (Å²) in [5.41, 5.74) is 0. The second-order valence-corrected chi connectivity index (χ2v) is 7.04. The van der Waals surface area contributed by atoms with E-state index in [9.17, 15) is 16.8 Å². The Bertz CT molecular complexity index is 310. The summed E-state index contributed by atoms with van der Waals surface area (Å²) < 4.78 is 44.1. The minimum absolute atomic E-state index is 1.08. The highest BCUT2D eigenvalue weighted by molar-refractivity contribution is 8.18. The SMILES string of the molecule is CC1(C)S(=O)(=O)OS1(=O)=O. The van der Waals surface area contributed by atoms with Gasteiger partial charge in [0.1, 0.15) is 0 Å². The molecule has 0 aromatic rings. The molecule has 0 bridgehead atoms. The van der Waals surface area contributed by atoms with Crippen molar-refractivity contribution >= 4 is 20.2 Å². The van der Waals surface area contributed by atoms with E-state index in [4.69, 9.17) is 0 Å². The highest BCUT2D eigenvalue weighted by atomic mass is 32.4. The van der Waals surface area contributed by atoms with Crippen molar-refractivity contribution in [3.63, 3.8) is 0 Å². The molecule has 0 aliphatic carbocycles. The van der Waals surface area contributed by atoms with Crippen LogP contribution in [0.1, 0.15) is 13.8 Å². The Morgan fingerprint density at radius 2 is 1.30 bits per heavy atom. The first-order chi connectivity index (χ1) is 4.21. The first-order valence-corrected chi connectivity index (χ1v) is 5.22. The van der Waals surface area contributed by atoms with E-state index < -0.39 is 24.3 Å². The minimum Gasteiger partial charge on any atom is -0.197 e. The third-order valence-corrected chi connectivity index (χ3v) is 6.45. The van der Waals surface area contributed by atoms with Crippen molar-refractivity contribution in [1.82, 2.24) is 0 Å². The zero-order valence-electron chi connectivity index (χ0n) is 5.36. The fourth-order valence-corrected chi connectivity index (χ4v) is 3.44. The lowest BCUT2D eigenvalue weighted by Crippen LogP contribution is -2.53. The van der Waals surface area contributed by atoms with E-state index in [2.05, 4.69) is 3.63 Å². The Morgan fingerprint density at radius 1 is 1.00 bits per heavy atom. The second-order valence-electron chi connectivity index (χ2n) is 2.38. The Hall–Kier alpha value is -0.140. The van der Waals surface area contributed by atoms with Crippen molar-refractivity contribution in [3.05, 3.63) is 0 Å². The molecule has 0 amide bonds. The summed E-state index contributed by atoms with van der Waals surface area (Å²) in [7, 11) is -7.71. The highest BCUT2D eigenvalue weighted by Gasteiger charge is 2.61. The van der Waals surface area contributed by atoms with Crippen LogP contribution in [-0.2, 0) is 23.9 Å². The number of hydrogen-bond acceptors (Lipinski definition) is 5. The lowest BCUT2D eigenvalue weighted by atomic mass is 10.5. The lowest BCUT2D eigenvalue weighted by Gasteiger charge is -2.31. The first-order valence-electron chi connectivity index (χ1n) is 2.41. The average molecular weight is 186 g/mol. The van der Waals surface area contributed by atoms with Crippen molar-refractivity contribution in [2.75, 3.05) is 0 Å². The minimum atomic E-state index is -3.86. The Kier molecular flexibility index (Phi) is 1.23. The molecule has 0 aromatic heterocycles. The van der Waals surface area contributed by atoms with Gasteiger partial charge < -0.3 is 0 Å². The zero-order valence-corrected chi connectivity index (χ0v) is 6.99. The largest absolute Gasteiger partial charge is 0.304 e. The van der Waals surface area contributed by atoms with Crippen LogP contribution in [0.25, 0.3) is 0 Å². The van der Waals surface area contributed by atoms with Gasteiger partial charge in [-0.1, -0.05) is 0 Å². The number of hydrogen-bond donors (Lipinski definition) is 0. The van der Waals surface area contributed by atoms with E-state index in [1.807, 2.05) is 0 Å². The van der Waals surface area contributed by atoms with Crippen LogP contribution in [0.4, 0.5) is 0 Å². The van der Waals surface area contributed by atoms with Gasteiger partial charge in [0.05, 0.1) is 0 Å². The second kappa shape index (κ2) is 1.54. The molecule has 0 aromatic carbocycles. The van der Waals surface area contributed by atoms with Gasteiger partial charge in [-0.25, -0.2) is 0 Å². The molecular weight excluding hydrogens is 180 g/mol. The van der Waals surface area contributed by atoms with Crippen LogP contribution in [-0.4, -0.2) is 20.9 Å². The molecule has 1 heterocycles. The van der Waals surface area contributed by atoms with E-state index in [1.165, 1.54) is 0 Å². The van der Waals surface area contributed by atoms with E-state index in [0.29, 0.717) is 0 Å². The molecule has 7 heteroatoms. The maximum Gasteiger partial charge on any atom is 0.304 e. The molecule has 0 unspecified atom stereocenters. The van der Waals surface area contributed by atoms with Crippen LogP contribution in [0.2, 0.25) is 0 Å². The monoisotopic (exact) mass is 186 g/mol. The summed E-state index contributed by atoms with van der Waals surface area (Å²) >= 11 is 0. The van der Waals surface area contributed by atoms with E-state index in [-0.39, 0.29) is 0 Å². The molecule has 0 saturated carbocycles. The molecule has 1 aliphatic rings. The van der Waals surface area contributed by atoms with Gasteiger partial charge in [0.2, 0.25) is 4.08 Å².